The largest absolute Gasteiger partial charge is 0.481 e. The highest BCUT2D eigenvalue weighted by molar-refractivity contribution is 5.89. The van der Waals surface area contributed by atoms with E-state index in [2.05, 4.69) is 46.7 Å². The molecular weight excluding hydrogens is 357 g/mol. The minimum atomic E-state index is -0.150. The van der Waals surface area contributed by atoms with Crippen molar-refractivity contribution in [3.05, 3.63) is 59.2 Å². The first-order valence-corrected chi connectivity index (χ1v) is 8.13. The predicted octanol–water partition coefficient (Wildman–Crippen LogP) is 3.56. The Kier molecular flexibility index (Phi) is 6.33. The van der Waals surface area contributed by atoms with E-state index in [1.807, 2.05) is 13.0 Å². The molecule has 2 aromatic carbocycles. The van der Waals surface area contributed by atoms with Gasteiger partial charge in [-0.2, -0.15) is 0 Å². The van der Waals surface area contributed by atoms with Crippen molar-refractivity contribution in [2.24, 2.45) is 10.7 Å². The van der Waals surface area contributed by atoms with Crippen molar-refractivity contribution in [1.29, 1.82) is 0 Å². The Morgan fingerprint density at radius 2 is 1.80 bits per heavy atom. The van der Waals surface area contributed by atoms with Gasteiger partial charge in [-0.3, -0.25) is 0 Å². The molecule has 0 saturated heterocycles. The molecule has 1 heterocycles. The molecule has 1 atom stereocenters. The van der Waals surface area contributed by atoms with Crippen LogP contribution < -0.4 is 15.8 Å². The van der Waals surface area contributed by atoms with E-state index in [-0.39, 0.29) is 30.9 Å². The second kappa shape index (κ2) is 8.09. The van der Waals surface area contributed by atoms with Crippen molar-refractivity contribution in [1.82, 2.24) is 5.32 Å². The lowest BCUT2D eigenvalue weighted by atomic mass is 10.1. The van der Waals surface area contributed by atoms with Gasteiger partial charge in [-0.05, 0) is 48.6 Å². The van der Waals surface area contributed by atoms with Crippen LogP contribution >= 0.6 is 24.8 Å². The fourth-order valence-electron chi connectivity index (χ4n) is 3.31. The van der Waals surface area contributed by atoms with Crippen molar-refractivity contribution in [3.8, 4) is 5.75 Å². The number of hydrogen-bond donors (Lipinski definition) is 2. The van der Waals surface area contributed by atoms with E-state index in [4.69, 9.17) is 10.5 Å². The Balaban J connectivity index is 0.00000113. The summed E-state index contributed by atoms with van der Waals surface area (Å²) in [5.41, 5.74) is 10.8. The highest BCUT2D eigenvalue weighted by Gasteiger charge is 2.21. The van der Waals surface area contributed by atoms with Crippen molar-refractivity contribution in [3.63, 3.8) is 0 Å². The van der Waals surface area contributed by atoms with Crippen LogP contribution in [0.1, 0.15) is 23.6 Å². The van der Waals surface area contributed by atoms with Gasteiger partial charge < -0.3 is 15.8 Å². The maximum Gasteiger partial charge on any atom is 0.153 e. The van der Waals surface area contributed by atoms with Crippen LogP contribution in [0.25, 0.3) is 0 Å². The zero-order valence-electron chi connectivity index (χ0n) is 14.1. The maximum atomic E-state index is 5.87. The SMILES string of the molecule is CC1Oc2ccc(CNC3Cc4ccccc4C3)cc2N=C1N.Cl.Cl. The molecule has 3 N–H and O–H groups in total. The lowest BCUT2D eigenvalue weighted by Gasteiger charge is -2.21. The number of rotatable bonds is 3. The summed E-state index contributed by atoms with van der Waals surface area (Å²) in [5.74, 6) is 1.34. The highest BCUT2D eigenvalue weighted by atomic mass is 35.5. The minimum Gasteiger partial charge on any atom is -0.481 e. The van der Waals surface area contributed by atoms with Gasteiger partial charge in [0, 0.05) is 12.6 Å². The molecule has 0 bridgehead atoms. The molecule has 4 rings (SSSR count). The van der Waals surface area contributed by atoms with Gasteiger partial charge in [0.15, 0.2) is 6.10 Å². The first-order chi connectivity index (χ1) is 11.2. The molecule has 134 valence electrons. The van der Waals surface area contributed by atoms with Crippen LogP contribution in [0.5, 0.6) is 5.75 Å². The number of halogens is 2. The average molecular weight is 380 g/mol. The fourth-order valence-corrected chi connectivity index (χ4v) is 3.31. The summed E-state index contributed by atoms with van der Waals surface area (Å²) in [6.45, 7) is 2.74. The summed E-state index contributed by atoms with van der Waals surface area (Å²) in [6, 6.07) is 15.3. The summed E-state index contributed by atoms with van der Waals surface area (Å²) in [6.07, 6.45) is 2.06. The van der Waals surface area contributed by atoms with Crippen molar-refractivity contribution < 1.29 is 4.74 Å². The first kappa shape index (κ1) is 19.6. The second-order valence-corrected chi connectivity index (χ2v) is 6.35. The zero-order chi connectivity index (χ0) is 15.8. The van der Waals surface area contributed by atoms with E-state index in [1.165, 1.54) is 16.7 Å². The fraction of sp³-hybridized carbons (Fsp3) is 0.316. The monoisotopic (exact) mass is 379 g/mol. The number of aliphatic imine (C=N–C) groups is 1. The lowest BCUT2D eigenvalue weighted by molar-refractivity contribution is 0.281. The Bertz CT molecular complexity index is 754. The third-order valence-electron chi connectivity index (χ3n) is 4.64. The zero-order valence-corrected chi connectivity index (χ0v) is 15.7. The minimum absolute atomic E-state index is 0. The summed E-state index contributed by atoms with van der Waals surface area (Å²) < 4.78 is 5.74. The number of nitrogens with one attached hydrogen (secondary N) is 1. The quantitative estimate of drug-likeness (QED) is 0.856. The molecule has 2 aliphatic rings. The molecule has 6 heteroatoms. The topological polar surface area (TPSA) is 59.6 Å². The van der Waals surface area contributed by atoms with E-state index in [9.17, 15) is 0 Å². The Labute approximate surface area is 160 Å². The molecule has 0 amide bonds. The highest BCUT2D eigenvalue weighted by Crippen LogP contribution is 2.32. The number of benzene rings is 2. The van der Waals surface area contributed by atoms with Crippen LogP contribution in [0.15, 0.2) is 47.5 Å². The standard InChI is InChI=1S/C19H21N3O.2ClH/c1-12-19(20)22-17-8-13(6-7-18(17)23-12)11-21-16-9-14-4-2-3-5-15(14)10-16;;/h2-8,12,16,21H,9-11H2,1H3,(H2,20,22);2*1H. The van der Waals surface area contributed by atoms with E-state index in [1.54, 1.807) is 0 Å². The molecule has 0 saturated carbocycles. The van der Waals surface area contributed by atoms with Gasteiger partial charge in [-0.1, -0.05) is 30.3 Å². The van der Waals surface area contributed by atoms with Gasteiger partial charge in [0.2, 0.25) is 0 Å². The number of nitrogens with zero attached hydrogens (tertiary/aromatic N) is 1. The van der Waals surface area contributed by atoms with Crippen molar-refractivity contribution >= 4 is 36.3 Å². The summed E-state index contributed by atoms with van der Waals surface area (Å²) in [5, 5.41) is 3.65. The van der Waals surface area contributed by atoms with Gasteiger partial charge >= 0.3 is 0 Å². The van der Waals surface area contributed by atoms with Gasteiger partial charge in [0.05, 0.1) is 0 Å². The number of nitrogens with two attached hydrogens (primary N) is 1. The van der Waals surface area contributed by atoms with Crippen molar-refractivity contribution in [2.75, 3.05) is 0 Å². The first-order valence-electron chi connectivity index (χ1n) is 8.13. The lowest BCUT2D eigenvalue weighted by Crippen LogP contribution is -2.33. The van der Waals surface area contributed by atoms with Gasteiger partial charge in [0.1, 0.15) is 17.3 Å². The van der Waals surface area contributed by atoms with Crippen LogP contribution in [-0.2, 0) is 19.4 Å². The number of amidine groups is 1. The Morgan fingerprint density at radius 3 is 2.48 bits per heavy atom. The summed E-state index contributed by atoms with van der Waals surface area (Å²) >= 11 is 0. The Morgan fingerprint density at radius 1 is 1.12 bits per heavy atom. The molecular formula is C19H23Cl2N3O. The number of ether oxygens (including phenoxy) is 1. The normalized spacial score (nSPS) is 18.1. The third kappa shape index (κ3) is 4.09. The van der Waals surface area contributed by atoms with Gasteiger partial charge in [-0.25, -0.2) is 4.99 Å². The number of hydrogen-bond acceptors (Lipinski definition) is 4. The van der Waals surface area contributed by atoms with Crippen LogP contribution in [0.3, 0.4) is 0 Å². The van der Waals surface area contributed by atoms with E-state index < -0.39 is 0 Å². The second-order valence-electron chi connectivity index (χ2n) is 6.35. The molecule has 0 aromatic heterocycles. The van der Waals surface area contributed by atoms with E-state index in [0.717, 1.165) is 30.8 Å². The maximum absolute atomic E-state index is 5.87. The molecule has 1 aliphatic heterocycles. The molecule has 2 aromatic rings. The number of fused-ring (bicyclic) bond motifs is 2. The van der Waals surface area contributed by atoms with Crippen LogP contribution in [0.4, 0.5) is 5.69 Å². The van der Waals surface area contributed by atoms with Gasteiger partial charge in [-0.15, -0.1) is 24.8 Å². The predicted molar refractivity (Wildman–Crippen MR) is 107 cm³/mol. The average Bonchev–Trinajstić information content (AvgIpc) is 2.97. The van der Waals surface area contributed by atoms with E-state index in [0.29, 0.717) is 11.9 Å². The van der Waals surface area contributed by atoms with Crippen LogP contribution in [-0.4, -0.2) is 18.0 Å². The molecule has 4 nitrogen and oxygen atoms in total. The third-order valence-corrected chi connectivity index (χ3v) is 4.64. The van der Waals surface area contributed by atoms with Crippen LogP contribution in [0.2, 0.25) is 0 Å². The molecule has 1 unspecified atom stereocenters. The van der Waals surface area contributed by atoms with Crippen LogP contribution in [0, 0.1) is 0 Å². The summed E-state index contributed by atoms with van der Waals surface area (Å²) in [4.78, 5) is 4.44. The van der Waals surface area contributed by atoms with E-state index >= 15 is 0 Å². The molecule has 0 spiro atoms. The molecule has 0 fully saturated rings. The molecule has 0 radical (unpaired) electrons. The summed E-state index contributed by atoms with van der Waals surface area (Å²) in [7, 11) is 0. The smallest absolute Gasteiger partial charge is 0.153 e. The Hall–Kier alpha value is -1.75. The molecule has 1 aliphatic carbocycles. The van der Waals surface area contributed by atoms with Gasteiger partial charge in [0.25, 0.3) is 0 Å². The molecule has 25 heavy (non-hydrogen) atoms. The van der Waals surface area contributed by atoms with Crippen molar-refractivity contribution in [2.45, 2.75) is 38.5 Å².